The summed E-state index contributed by atoms with van der Waals surface area (Å²) in [6.07, 6.45) is 1.95. The van der Waals surface area contributed by atoms with Gasteiger partial charge in [0.25, 0.3) is 0 Å². The Morgan fingerprint density at radius 2 is 2.18 bits per heavy atom. The minimum Gasteiger partial charge on any atom is -0.324 e. The van der Waals surface area contributed by atoms with E-state index in [2.05, 4.69) is 10.4 Å². The van der Waals surface area contributed by atoms with Crippen molar-refractivity contribution in [1.82, 2.24) is 9.78 Å². The Kier molecular flexibility index (Phi) is 4.81. The van der Waals surface area contributed by atoms with Crippen LogP contribution in [0.1, 0.15) is 11.4 Å². The van der Waals surface area contributed by atoms with E-state index >= 15 is 0 Å². The maximum absolute atomic E-state index is 12.1. The van der Waals surface area contributed by atoms with E-state index in [1.165, 1.54) is 4.68 Å². The number of nitrogens with zero attached hydrogens (tertiary/aromatic N) is 3. The van der Waals surface area contributed by atoms with Gasteiger partial charge >= 0.3 is 5.69 Å². The molecule has 2 rings (SSSR count). The zero-order valence-electron chi connectivity index (χ0n) is 12.5. The number of aryl methyl sites for hydroxylation is 1. The van der Waals surface area contributed by atoms with Crippen LogP contribution in [0.25, 0.3) is 0 Å². The lowest BCUT2D eigenvalue weighted by atomic mass is 10.3. The van der Waals surface area contributed by atoms with Gasteiger partial charge in [0.15, 0.2) is 0 Å². The van der Waals surface area contributed by atoms with Crippen molar-refractivity contribution >= 4 is 29.0 Å². The monoisotopic (exact) mass is 320 g/mol. The van der Waals surface area contributed by atoms with Gasteiger partial charge in [0.2, 0.25) is 5.91 Å². The number of nitrogens with one attached hydrogen (secondary N) is 1. The van der Waals surface area contributed by atoms with Crippen LogP contribution in [0.2, 0.25) is 0 Å². The van der Waals surface area contributed by atoms with Crippen molar-refractivity contribution in [2.45, 2.75) is 25.3 Å². The van der Waals surface area contributed by atoms with Gasteiger partial charge in [0.1, 0.15) is 17.9 Å². The van der Waals surface area contributed by atoms with Crippen molar-refractivity contribution in [2.75, 3.05) is 11.6 Å². The number of carbonyl (C=O) groups excluding carboxylic acids is 1. The fourth-order valence-electron chi connectivity index (χ4n) is 2.14. The molecule has 22 heavy (non-hydrogen) atoms. The predicted molar refractivity (Wildman–Crippen MR) is 85.2 cm³/mol. The van der Waals surface area contributed by atoms with Crippen molar-refractivity contribution in [3.63, 3.8) is 0 Å². The van der Waals surface area contributed by atoms with Crippen molar-refractivity contribution in [3.8, 4) is 0 Å². The third-order valence-corrected chi connectivity index (χ3v) is 3.90. The number of benzene rings is 1. The minimum atomic E-state index is -0.478. The summed E-state index contributed by atoms with van der Waals surface area (Å²) < 4.78 is 1.35. The smallest absolute Gasteiger partial charge is 0.312 e. The van der Waals surface area contributed by atoms with Crippen LogP contribution in [0.4, 0.5) is 11.4 Å². The lowest BCUT2D eigenvalue weighted by molar-refractivity contribution is -0.386. The molecule has 1 aromatic heterocycles. The Balaban J connectivity index is 2.12. The average Bonchev–Trinajstić information content (AvgIpc) is 2.73. The molecule has 2 aromatic rings. The summed E-state index contributed by atoms with van der Waals surface area (Å²) >= 11 is 1.58. The zero-order chi connectivity index (χ0) is 16.3. The Morgan fingerprint density at radius 3 is 2.77 bits per heavy atom. The van der Waals surface area contributed by atoms with E-state index in [4.69, 9.17) is 0 Å². The second-order valence-corrected chi connectivity index (χ2v) is 5.59. The Hall–Kier alpha value is -2.35. The second-order valence-electron chi connectivity index (χ2n) is 4.71. The largest absolute Gasteiger partial charge is 0.324 e. The predicted octanol–water partition coefficient (Wildman–Crippen LogP) is 2.77. The van der Waals surface area contributed by atoms with Gasteiger partial charge in [0, 0.05) is 10.6 Å². The number of hydrogen-bond donors (Lipinski definition) is 1. The van der Waals surface area contributed by atoms with E-state index < -0.39 is 4.92 Å². The number of thioether (sulfide) groups is 1. The van der Waals surface area contributed by atoms with Gasteiger partial charge in [-0.1, -0.05) is 6.07 Å². The van der Waals surface area contributed by atoms with Gasteiger partial charge in [0.05, 0.1) is 4.92 Å². The first-order valence-corrected chi connectivity index (χ1v) is 7.77. The summed E-state index contributed by atoms with van der Waals surface area (Å²) in [5, 5.41) is 17.8. The highest BCUT2D eigenvalue weighted by Crippen LogP contribution is 2.22. The summed E-state index contributed by atoms with van der Waals surface area (Å²) in [4.78, 5) is 23.6. The molecule has 0 aliphatic rings. The van der Waals surface area contributed by atoms with Crippen LogP contribution < -0.4 is 5.32 Å². The molecule has 0 spiro atoms. The van der Waals surface area contributed by atoms with Crippen LogP contribution in [0, 0.1) is 24.0 Å². The van der Waals surface area contributed by atoms with Crippen molar-refractivity contribution < 1.29 is 9.72 Å². The number of hydrogen-bond acceptors (Lipinski definition) is 5. The number of carbonyl (C=O) groups is 1. The van der Waals surface area contributed by atoms with E-state index in [-0.39, 0.29) is 18.1 Å². The van der Waals surface area contributed by atoms with Crippen LogP contribution in [0.5, 0.6) is 0 Å². The first-order chi connectivity index (χ1) is 10.4. The fraction of sp³-hybridized carbons (Fsp3) is 0.286. The van der Waals surface area contributed by atoms with Crippen molar-refractivity contribution in [3.05, 3.63) is 45.8 Å². The molecule has 0 unspecified atom stereocenters. The molecule has 0 aliphatic heterocycles. The summed E-state index contributed by atoms with van der Waals surface area (Å²) in [6.45, 7) is 3.07. The minimum absolute atomic E-state index is 0.0443. The molecule has 0 radical (unpaired) electrons. The summed E-state index contributed by atoms with van der Waals surface area (Å²) in [7, 11) is 0. The third kappa shape index (κ3) is 3.45. The molecular weight excluding hydrogens is 304 g/mol. The maximum Gasteiger partial charge on any atom is 0.312 e. The molecule has 1 heterocycles. The zero-order valence-corrected chi connectivity index (χ0v) is 13.3. The van der Waals surface area contributed by atoms with Crippen LogP contribution in [-0.4, -0.2) is 26.9 Å². The average molecular weight is 320 g/mol. The molecule has 0 bridgehead atoms. The molecule has 1 aromatic carbocycles. The molecule has 8 heteroatoms. The highest BCUT2D eigenvalue weighted by Gasteiger charge is 2.22. The topological polar surface area (TPSA) is 90.1 Å². The number of aromatic nitrogens is 2. The highest BCUT2D eigenvalue weighted by molar-refractivity contribution is 7.98. The van der Waals surface area contributed by atoms with Gasteiger partial charge in [-0.25, -0.2) is 0 Å². The molecule has 0 aliphatic carbocycles. The maximum atomic E-state index is 12.1. The fourth-order valence-corrected chi connectivity index (χ4v) is 2.60. The van der Waals surface area contributed by atoms with Crippen LogP contribution in [0.3, 0.4) is 0 Å². The SMILES string of the molecule is CSc1cccc(NC(=O)Cn2nc(C)c([N+](=O)[O-])c2C)c1. The summed E-state index contributed by atoms with van der Waals surface area (Å²) in [5.74, 6) is -0.279. The molecule has 0 atom stereocenters. The molecular formula is C14H16N4O3S. The standard InChI is InChI=1S/C14H16N4O3S/c1-9-14(18(20)21)10(2)17(16-9)8-13(19)15-11-5-4-6-12(7-11)22-3/h4-7H,8H2,1-3H3,(H,15,19). The van der Waals surface area contributed by atoms with E-state index in [9.17, 15) is 14.9 Å². The van der Waals surface area contributed by atoms with Crippen LogP contribution in [-0.2, 0) is 11.3 Å². The number of nitro groups is 1. The Morgan fingerprint density at radius 1 is 1.45 bits per heavy atom. The molecule has 116 valence electrons. The number of rotatable bonds is 5. The van der Waals surface area contributed by atoms with Gasteiger partial charge in [-0.15, -0.1) is 11.8 Å². The lowest BCUT2D eigenvalue weighted by Crippen LogP contribution is -2.20. The number of amides is 1. The molecule has 0 fully saturated rings. The van der Waals surface area contributed by atoms with Crippen LogP contribution in [0.15, 0.2) is 29.2 Å². The van der Waals surface area contributed by atoms with E-state index in [1.807, 2.05) is 24.5 Å². The van der Waals surface area contributed by atoms with Gasteiger partial charge in [-0.05, 0) is 38.3 Å². The van der Waals surface area contributed by atoms with Gasteiger partial charge in [-0.3, -0.25) is 19.6 Å². The van der Waals surface area contributed by atoms with Gasteiger partial charge < -0.3 is 5.32 Å². The summed E-state index contributed by atoms with van der Waals surface area (Å²) in [6, 6.07) is 7.47. The second kappa shape index (κ2) is 6.61. The lowest BCUT2D eigenvalue weighted by Gasteiger charge is -2.07. The quantitative estimate of drug-likeness (QED) is 0.520. The Bertz CT molecular complexity index is 727. The first-order valence-electron chi connectivity index (χ1n) is 6.54. The molecule has 0 saturated carbocycles. The third-order valence-electron chi connectivity index (χ3n) is 3.17. The normalized spacial score (nSPS) is 10.5. The van der Waals surface area contributed by atoms with E-state index in [0.717, 1.165) is 4.90 Å². The van der Waals surface area contributed by atoms with E-state index in [0.29, 0.717) is 17.1 Å². The van der Waals surface area contributed by atoms with Crippen molar-refractivity contribution in [1.29, 1.82) is 0 Å². The molecule has 1 N–H and O–H groups in total. The summed E-state index contributed by atoms with van der Waals surface area (Å²) in [5.41, 5.74) is 1.32. The number of anilines is 1. The first kappa shape index (κ1) is 16.0. The van der Waals surface area contributed by atoms with Crippen LogP contribution >= 0.6 is 11.8 Å². The Labute approximate surface area is 131 Å². The highest BCUT2D eigenvalue weighted by atomic mass is 32.2. The molecule has 1 amide bonds. The van der Waals surface area contributed by atoms with E-state index in [1.54, 1.807) is 31.7 Å². The molecule has 0 saturated heterocycles. The van der Waals surface area contributed by atoms with Gasteiger partial charge in [-0.2, -0.15) is 5.10 Å². The molecule has 7 nitrogen and oxygen atoms in total. The van der Waals surface area contributed by atoms with Crippen molar-refractivity contribution in [2.24, 2.45) is 0 Å².